The molecule has 0 aromatic heterocycles. The van der Waals surface area contributed by atoms with E-state index in [0.717, 1.165) is 18.4 Å². The van der Waals surface area contributed by atoms with E-state index in [1.54, 1.807) is 6.92 Å². The van der Waals surface area contributed by atoms with Gasteiger partial charge in [-0.05, 0) is 49.2 Å². The molecule has 2 amide bonds. The van der Waals surface area contributed by atoms with Gasteiger partial charge < -0.3 is 15.1 Å². The number of fused-ring (bicyclic) bond motifs is 1. The van der Waals surface area contributed by atoms with Gasteiger partial charge >= 0.3 is 0 Å². The summed E-state index contributed by atoms with van der Waals surface area (Å²) in [6.07, 6.45) is 2.13. The van der Waals surface area contributed by atoms with Crippen molar-refractivity contribution in [1.82, 2.24) is 15.1 Å². The second-order valence-electron chi connectivity index (χ2n) is 8.26. The lowest BCUT2D eigenvalue weighted by molar-refractivity contribution is -0.133. The van der Waals surface area contributed by atoms with E-state index < -0.39 is 0 Å². The molecule has 0 fully saturated rings. The first-order chi connectivity index (χ1) is 14.4. The van der Waals surface area contributed by atoms with Gasteiger partial charge in [-0.25, -0.2) is 0 Å². The van der Waals surface area contributed by atoms with Gasteiger partial charge in [0, 0.05) is 20.0 Å². The molecule has 3 rings (SSSR count). The van der Waals surface area contributed by atoms with Gasteiger partial charge in [0.05, 0.1) is 18.5 Å². The summed E-state index contributed by atoms with van der Waals surface area (Å²) in [6, 6.07) is 16.6. The minimum Gasteiger partial charge on any atom is -0.354 e. The predicted octanol–water partition coefficient (Wildman–Crippen LogP) is 3.50. The van der Waals surface area contributed by atoms with Crippen LogP contribution in [0.4, 0.5) is 0 Å². The fraction of sp³-hybridized carbons (Fsp3) is 0.440. The monoisotopic (exact) mass is 407 g/mol. The average molecular weight is 408 g/mol. The summed E-state index contributed by atoms with van der Waals surface area (Å²) in [5.41, 5.74) is 4.81. The van der Waals surface area contributed by atoms with Gasteiger partial charge in [-0.1, -0.05) is 55.5 Å². The van der Waals surface area contributed by atoms with Crippen LogP contribution in [0.1, 0.15) is 54.6 Å². The highest BCUT2D eigenvalue weighted by Crippen LogP contribution is 2.32. The van der Waals surface area contributed by atoms with Gasteiger partial charge in [0.15, 0.2) is 0 Å². The van der Waals surface area contributed by atoms with E-state index in [-0.39, 0.29) is 30.3 Å². The Bertz CT molecular complexity index is 876. The third-order valence-electron chi connectivity index (χ3n) is 6.08. The molecular weight excluding hydrogens is 374 g/mol. The highest BCUT2D eigenvalue weighted by Gasteiger charge is 2.30. The maximum absolute atomic E-state index is 12.9. The molecule has 0 bridgehead atoms. The molecule has 2 aromatic carbocycles. The van der Waals surface area contributed by atoms with Crippen LogP contribution in [-0.4, -0.2) is 48.8 Å². The Hall–Kier alpha value is -2.66. The highest BCUT2D eigenvalue weighted by atomic mass is 16.2. The normalized spacial score (nSPS) is 16.8. The summed E-state index contributed by atoms with van der Waals surface area (Å²) in [5, 5.41) is 3.11. The number of likely N-dealkylation sites (N-methyl/N-ethyl adjacent to an activating group) is 1. The van der Waals surface area contributed by atoms with Crippen molar-refractivity contribution in [2.45, 2.75) is 45.2 Å². The van der Waals surface area contributed by atoms with Crippen LogP contribution in [0.3, 0.4) is 0 Å². The second-order valence-corrected chi connectivity index (χ2v) is 8.26. The molecule has 2 unspecified atom stereocenters. The van der Waals surface area contributed by atoms with Crippen LogP contribution >= 0.6 is 0 Å². The lowest BCUT2D eigenvalue weighted by Crippen LogP contribution is -2.42. The number of nitrogens with zero attached hydrogens (tertiary/aromatic N) is 2. The van der Waals surface area contributed by atoms with E-state index in [2.05, 4.69) is 47.5 Å². The number of carbonyl (C=O) groups is 2. The molecule has 2 atom stereocenters. The Morgan fingerprint density at radius 2 is 1.83 bits per heavy atom. The number of amides is 2. The van der Waals surface area contributed by atoms with Gasteiger partial charge in [-0.3, -0.25) is 9.59 Å². The van der Waals surface area contributed by atoms with Gasteiger partial charge in [0.25, 0.3) is 0 Å². The molecule has 1 aliphatic rings. The van der Waals surface area contributed by atoms with Crippen LogP contribution in [0.25, 0.3) is 0 Å². The number of benzene rings is 2. The van der Waals surface area contributed by atoms with Crippen molar-refractivity contribution in [2.24, 2.45) is 0 Å². The zero-order valence-electron chi connectivity index (χ0n) is 18.5. The summed E-state index contributed by atoms with van der Waals surface area (Å²) < 4.78 is 0. The SMILES string of the molecule is CCc1ccc(C(CNC(=O)CC2c3ccccc3CCN2C(C)=O)N(C)C)cc1. The van der Waals surface area contributed by atoms with Crippen molar-refractivity contribution >= 4 is 11.8 Å². The Balaban J connectivity index is 1.69. The van der Waals surface area contributed by atoms with Gasteiger partial charge in [0.2, 0.25) is 11.8 Å². The third kappa shape index (κ3) is 5.08. The molecule has 5 nitrogen and oxygen atoms in total. The number of hydrogen-bond acceptors (Lipinski definition) is 3. The molecule has 0 spiro atoms. The van der Waals surface area contributed by atoms with Crippen LogP contribution < -0.4 is 5.32 Å². The molecular formula is C25H33N3O2. The Morgan fingerprint density at radius 3 is 2.47 bits per heavy atom. The molecule has 5 heteroatoms. The van der Waals surface area contributed by atoms with Crippen molar-refractivity contribution in [2.75, 3.05) is 27.2 Å². The van der Waals surface area contributed by atoms with Crippen molar-refractivity contribution in [3.63, 3.8) is 0 Å². The second kappa shape index (κ2) is 9.90. The third-order valence-corrected chi connectivity index (χ3v) is 6.08. The summed E-state index contributed by atoms with van der Waals surface area (Å²) >= 11 is 0. The zero-order chi connectivity index (χ0) is 21.7. The number of carbonyl (C=O) groups excluding carboxylic acids is 2. The maximum Gasteiger partial charge on any atom is 0.222 e. The quantitative estimate of drug-likeness (QED) is 0.764. The first-order valence-corrected chi connectivity index (χ1v) is 10.8. The van der Waals surface area contributed by atoms with E-state index >= 15 is 0 Å². The van der Waals surface area contributed by atoms with Crippen LogP contribution in [-0.2, 0) is 22.4 Å². The molecule has 160 valence electrons. The summed E-state index contributed by atoms with van der Waals surface area (Å²) in [7, 11) is 4.05. The highest BCUT2D eigenvalue weighted by molar-refractivity contribution is 5.79. The van der Waals surface area contributed by atoms with E-state index in [1.807, 2.05) is 37.2 Å². The molecule has 0 radical (unpaired) electrons. The zero-order valence-corrected chi connectivity index (χ0v) is 18.5. The molecule has 1 N–H and O–H groups in total. The topological polar surface area (TPSA) is 52.7 Å². The van der Waals surface area contributed by atoms with Crippen molar-refractivity contribution in [3.05, 3.63) is 70.8 Å². The lowest BCUT2D eigenvalue weighted by Gasteiger charge is -2.36. The number of aryl methyl sites for hydroxylation is 1. The minimum absolute atomic E-state index is 0.0180. The molecule has 0 saturated heterocycles. The largest absolute Gasteiger partial charge is 0.354 e. The Kier molecular flexibility index (Phi) is 7.27. The van der Waals surface area contributed by atoms with Gasteiger partial charge in [0.1, 0.15) is 0 Å². The van der Waals surface area contributed by atoms with Crippen LogP contribution in [0.2, 0.25) is 0 Å². The summed E-state index contributed by atoms with van der Waals surface area (Å²) in [5.74, 6) is -0.00975. The fourth-order valence-corrected chi connectivity index (χ4v) is 4.28. The lowest BCUT2D eigenvalue weighted by atomic mass is 9.90. The van der Waals surface area contributed by atoms with Crippen molar-refractivity contribution in [3.8, 4) is 0 Å². The van der Waals surface area contributed by atoms with E-state index in [9.17, 15) is 9.59 Å². The molecule has 0 saturated carbocycles. The molecule has 1 aliphatic heterocycles. The van der Waals surface area contributed by atoms with Crippen molar-refractivity contribution < 1.29 is 9.59 Å². The molecule has 0 aliphatic carbocycles. The molecule has 30 heavy (non-hydrogen) atoms. The van der Waals surface area contributed by atoms with Gasteiger partial charge in [-0.15, -0.1) is 0 Å². The van der Waals surface area contributed by atoms with Crippen LogP contribution in [0.15, 0.2) is 48.5 Å². The smallest absolute Gasteiger partial charge is 0.222 e. The first kappa shape index (κ1) is 22.0. The number of hydrogen-bond donors (Lipinski definition) is 1. The summed E-state index contributed by atoms with van der Waals surface area (Å²) in [6.45, 7) is 4.92. The first-order valence-electron chi connectivity index (χ1n) is 10.8. The summed E-state index contributed by atoms with van der Waals surface area (Å²) in [4.78, 5) is 29.0. The standard InChI is InChI=1S/C25H33N3O2/c1-5-19-10-12-21(13-11-19)24(27(3)4)17-26-25(30)16-23-22-9-7-6-8-20(22)14-15-28(23)18(2)29/h6-13,23-24H,5,14-17H2,1-4H3,(H,26,30). The minimum atomic E-state index is -0.200. The van der Waals surface area contributed by atoms with Crippen LogP contribution in [0, 0.1) is 0 Å². The Morgan fingerprint density at radius 1 is 1.13 bits per heavy atom. The van der Waals surface area contributed by atoms with E-state index in [0.29, 0.717) is 13.1 Å². The van der Waals surface area contributed by atoms with Gasteiger partial charge in [-0.2, -0.15) is 0 Å². The number of rotatable bonds is 7. The molecule has 1 heterocycles. The predicted molar refractivity (Wildman–Crippen MR) is 120 cm³/mol. The maximum atomic E-state index is 12.9. The average Bonchev–Trinajstić information content (AvgIpc) is 2.74. The fourth-order valence-electron chi connectivity index (χ4n) is 4.28. The van der Waals surface area contributed by atoms with E-state index in [4.69, 9.17) is 0 Å². The van der Waals surface area contributed by atoms with Crippen LogP contribution in [0.5, 0.6) is 0 Å². The van der Waals surface area contributed by atoms with Crippen molar-refractivity contribution in [1.29, 1.82) is 0 Å². The van der Waals surface area contributed by atoms with E-state index in [1.165, 1.54) is 16.7 Å². The Labute approximate surface area is 180 Å². The molecule has 2 aromatic rings. The number of nitrogens with one attached hydrogen (secondary N) is 1.